The fourth-order valence-corrected chi connectivity index (χ4v) is 6.41. The maximum absolute atomic E-state index is 13.8. The van der Waals surface area contributed by atoms with Crippen molar-refractivity contribution < 1.29 is 23.1 Å². The lowest BCUT2D eigenvalue weighted by atomic mass is 9.91. The van der Waals surface area contributed by atoms with Crippen molar-refractivity contribution in [3.05, 3.63) is 114 Å². The largest absolute Gasteiger partial charge is 0.445 e. The summed E-state index contributed by atoms with van der Waals surface area (Å²) in [4.78, 5) is 12.6. The minimum atomic E-state index is -3.89. The minimum Gasteiger partial charge on any atom is -0.445 e. The maximum atomic E-state index is 13.8. The Balaban J connectivity index is 1.63. The highest BCUT2D eigenvalue weighted by Gasteiger charge is 2.36. The van der Waals surface area contributed by atoms with Crippen molar-refractivity contribution in [2.45, 2.75) is 35.8 Å². The fraction of sp³-hybridized carbons (Fsp3) is 0.276. The number of carbonyl (C=O) groups excluding carboxylic acids is 1. The van der Waals surface area contributed by atoms with E-state index in [1.54, 1.807) is 12.1 Å². The second kappa shape index (κ2) is 12.2. The molecule has 7 nitrogen and oxygen atoms in total. The highest BCUT2D eigenvalue weighted by Crippen LogP contribution is 2.33. The van der Waals surface area contributed by atoms with Crippen LogP contribution in [0.3, 0.4) is 0 Å². The lowest BCUT2D eigenvalue weighted by Gasteiger charge is -2.30. The molecule has 1 heterocycles. The Kier molecular flexibility index (Phi) is 8.76. The van der Waals surface area contributed by atoms with E-state index >= 15 is 0 Å². The summed E-state index contributed by atoms with van der Waals surface area (Å²) in [7, 11) is -3.89. The van der Waals surface area contributed by atoms with Crippen molar-refractivity contribution >= 4 is 16.1 Å². The predicted molar refractivity (Wildman–Crippen MR) is 143 cm³/mol. The Morgan fingerprint density at radius 1 is 1.05 bits per heavy atom. The smallest absolute Gasteiger partial charge is 0.407 e. The summed E-state index contributed by atoms with van der Waals surface area (Å²) in [5.41, 5.74) is 2.67. The van der Waals surface area contributed by atoms with Gasteiger partial charge in [0.2, 0.25) is 10.0 Å². The normalized spacial score (nSPS) is 18.6. The molecule has 1 amide bonds. The SMILES string of the molecule is C=CCOC(=O)N[C@@H](Cc1ccccc1)[C@H](O)CN1C[C@H](c2ccccc2)Cc2ccccc2S1(=O)=O. The maximum Gasteiger partial charge on any atom is 0.407 e. The zero-order valence-electron chi connectivity index (χ0n) is 20.6. The topological polar surface area (TPSA) is 95.9 Å². The van der Waals surface area contributed by atoms with Crippen LogP contribution in [0.5, 0.6) is 0 Å². The van der Waals surface area contributed by atoms with Crippen molar-refractivity contribution in [1.29, 1.82) is 0 Å². The van der Waals surface area contributed by atoms with Crippen LogP contribution in [0, 0.1) is 0 Å². The van der Waals surface area contributed by atoms with Crippen LogP contribution in [-0.4, -0.2) is 55.8 Å². The third-order valence-corrected chi connectivity index (χ3v) is 8.47. The van der Waals surface area contributed by atoms with Gasteiger partial charge in [0.05, 0.1) is 17.0 Å². The molecule has 2 N–H and O–H groups in total. The lowest BCUT2D eigenvalue weighted by Crippen LogP contribution is -2.51. The van der Waals surface area contributed by atoms with Crippen LogP contribution < -0.4 is 5.32 Å². The molecule has 4 rings (SSSR count). The predicted octanol–water partition coefficient (Wildman–Crippen LogP) is 3.90. The van der Waals surface area contributed by atoms with E-state index in [4.69, 9.17) is 4.74 Å². The summed E-state index contributed by atoms with van der Waals surface area (Å²) in [6, 6.07) is 25.4. The molecular formula is C29H32N2O5S. The molecule has 3 aromatic rings. The molecule has 3 atom stereocenters. The number of β-amino-alcohol motifs (C(OH)–C–C–N with tert-alkyl or cyclic N) is 1. The quantitative estimate of drug-likeness (QED) is 0.417. The third kappa shape index (κ3) is 6.65. The number of aliphatic hydroxyl groups is 1. The molecule has 1 aliphatic heterocycles. The second-order valence-corrected chi connectivity index (χ2v) is 11.0. The van der Waals surface area contributed by atoms with Crippen LogP contribution in [-0.2, 0) is 27.6 Å². The second-order valence-electron chi connectivity index (χ2n) is 9.14. The molecule has 8 heteroatoms. The van der Waals surface area contributed by atoms with E-state index in [1.807, 2.05) is 72.8 Å². The molecule has 194 valence electrons. The van der Waals surface area contributed by atoms with Crippen LogP contribution in [0.25, 0.3) is 0 Å². The van der Waals surface area contributed by atoms with Gasteiger partial charge in [-0.05, 0) is 35.6 Å². The Bertz CT molecular complexity index is 1300. The van der Waals surface area contributed by atoms with Gasteiger partial charge in [-0.2, -0.15) is 4.31 Å². The lowest BCUT2D eigenvalue weighted by molar-refractivity contribution is 0.0930. The number of aliphatic hydroxyl groups excluding tert-OH is 1. The van der Waals surface area contributed by atoms with Crippen molar-refractivity contribution in [3.63, 3.8) is 0 Å². The van der Waals surface area contributed by atoms with Gasteiger partial charge in [0.25, 0.3) is 0 Å². The van der Waals surface area contributed by atoms with E-state index in [1.165, 1.54) is 10.4 Å². The number of alkyl carbamates (subject to hydrolysis) is 1. The van der Waals surface area contributed by atoms with Gasteiger partial charge in [0.1, 0.15) is 6.61 Å². The number of benzene rings is 3. The molecule has 0 fully saturated rings. The fourth-order valence-electron chi connectivity index (χ4n) is 4.67. The number of amides is 1. The number of carbonyl (C=O) groups is 1. The highest BCUT2D eigenvalue weighted by molar-refractivity contribution is 7.89. The average Bonchev–Trinajstić information content (AvgIpc) is 3.02. The van der Waals surface area contributed by atoms with Crippen molar-refractivity contribution in [1.82, 2.24) is 9.62 Å². The number of fused-ring (bicyclic) bond motifs is 1. The molecule has 1 aliphatic rings. The number of hydrogen-bond acceptors (Lipinski definition) is 5. The van der Waals surface area contributed by atoms with Gasteiger partial charge < -0.3 is 15.2 Å². The molecule has 0 radical (unpaired) electrons. The Hall–Kier alpha value is -3.46. The summed E-state index contributed by atoms with van der Waals surface area (Å²) in [6.45, 7) is 3.59. The number of ether oxygens (including phenoxy) is 1. The number of sulfonamides is 1. The van der Waals surface area contributed by atoms with Gasteiger partial charge in [-0.15, -0.1) is 0 Å². The average molecular weight is 521 g/mol. The van der Waals surface area contributed by atoms with Crippen LogP contribution in [0.2, 0.25) is 0 Å². The molecule has 0 aromatic heterocycles. The van der Waals surface area contributed by atoms with Gasteiger partial charge in [-0.3, -0.25) is 0 Å². The first-order chi connectivity index (χ1) is 17.9. The summed E-state index contributed by atoms with van der Waals surface area (Å²) < 4.78 is 34.0. The van der Waals surface area contributed by atoms with Crippen LogP contribution in [0.4, 0.5) is 4.79 Å². The number of hydrogen-bond donors (Lipinski definition) is 2. The van der Waals surface area contributed by atoms with E-state index in [2.05, 4.69) is 11.9 Å². The van der Waals surface area contributed by atoms with Crippen LogP contribution in [0.1, 0.15) is 22.6 Å². The van der Waals surface area contributed by atoms with E-state index in [0.717, 1.165) is 16.7 Å². The first kappa shape index (κ1) is 26.6. The third-order valence-electron chi connectivity index (χ3n) is 6.54. The molecule has 0 spiro atoms. The number of nitrogens with zero attached hydrogens (tertiary/aromatic N) is 1. The van der Waals surface area contributed by atoms with Gasteiger partial charge in [0, 0.05) is 19.0 Å². The van der Waals surface area contributed by atoms with E-state index in [0.29, 0.717) is 12.8 Å². The molecule has 0 aliphatic carbocycles. The summed E-state index contributed by atoms with van der Waals surface area (Å²) in [5.74, 6) is -0.0927. The molecule has 37 heavy (non-hydrogen) atoms. The molecular weight excluding hydrogens is 488 g/mol. The van der Waals surface area contributed by atoms with Gasteiger partial charge in [-0.25, -0.2) is 13.2 Å². The van der Waals surface area contributed by atoms with E-state index < -0.39 is 28.3 Å². The number of nitrogens with one attached hydrogen (secondary N) is 1. The van der Waals surface area contributed by atoms with Crippen LogP contribution in [0.15, 0.2) is 102 Å². The van der Waals surface area contributed by atoms with Crippen molar-refractivity contribution in [2.75, 3.05) is 19.7 Å². The Morgan fingerprint density at radius 2 is 1.70 bits per heavy atom. The molecule has 0 saturated heterocycles. The number of rotatable bonds is 9. The summed E-state index contributed by atoms with van der Waals surface area (Å²) in [6.07, 6.45) is 0.426. The summed E-state index contributed by atoms with van der Waals surface area (Å²) >= 11 is 0. The first-order valence-corrected chi connectivity index (χ1v) is 13.7. The van der Waals surface area contributed by atoms with Crippen molar-refractivity contribution in [3.8, 4) is 0 Å². The summed E-state index contributed by atoms with van der Waals surface area (Å²) in [5, 5.41) is 14.0. The van der Waals surface area contributed by atoms with Crippen molar-refractivity contribution in [2.24, 2.45) is 0 Å². The molecule has 3 aromatic carbocycles. The zero-order valence-corrected chi connectivity index (χ0v) is 21.4. The highest BCUT2D eigenvalue weighted by atomic mass is 32.2. The van der Waals surface area contributed by atoms with Crippen LogP contribution >= 0.6 is 0 Å². The molecule has 0 unspecified atom stereocenters. The van der Waals surface area contributed by atoms with Gasteiger partial charge in [-0.1, -0.05) is 91.5 Å². The monoisotopic (exact) mass is 520 g/mol. The van der Waals surface area contributed by atoms with E-state index in [-0.39, 0.29) is 30.5 Å². The minimum absolute atomic E-state index is 0.0238. The zero-order chi connectivity index (χ0) is 26.3. The molecule has 0 saturated carbocycles. The first-order valence-electron chi connectivity index (χ1n) is 12.3. The van der Waals surface area contributed by atoms with Gasteiger partial charge in [0.15, 0.2) is 0 Å². The van der Waals surface area contributed by atoms with E-state index in [9.17, 15) is 18.3 Å². The molecule has 0 bridgehead atoms. The standard InChI is InChI=1S/C29H32N2O5S/c1-2-17-36-29(33)30-26(18-22-11-5-3-6-12-22)27(32)21-31-20-25(23-13-7-4-8-14-23)19-24-15-9-10-16-28(24)37(31,34)35/h2-16,25-27,32H,1,17-21H2,(H,30,33)/t25-,26+,27-/m1/s1. The van der Waals surface area contributed by atoms with Gasteiger partial charge >= 0.3 is 6.09 Å². The Labute approximate surface area is 218 Å². The Morgan fingerprint density at radius 3 is 2.41 bits per heavy atom.